The highest BCUT2D eigenvalue weighted by molar-refractivity contribution is 4.94. The highest BCUT2D eigenvalue weighted by atomic mass is 15.3. The van der Waals surface area contributed by atoms with E-state index in [-0.39, 0.29) is 0 Å². The standard InChI is InChI=1S/C12H22N2/c1-3-4-5-6-7-8-9-14-11-10-13(2)12-14/h10-11H,3-9H2,1-2H3. The van der Waals surface area contributed by atoms with Gasteiger partial charge in [-0.05, 0) is 6.42 Å². The van der Waals surface area contributed by atoms with Gasteiger partial charge in [0.2, 0.25) is 6.67 Å². The quantitative estimate of drug-likeness (QED) is 0.575. The first-order valence-electron chi connectivity index (χ1n) is 5.77. The summed E-state index contributed by atoms with van der Waals surface area (Å²) >= 11 is 0. The number of hydrogen-bond donors (Lipinski definition) is 0. The summed E-state index contributed by atoms with van der Waals surface area (Å²) in [6, 6.07) is 0. The topological polar surface area (TPSA) is 6.48 Å². The normalized spacial score (nSPS) is 15.6. The molecule has 0 saturated heterocycles. The van der Waals surface area contributed by atoms with Gasteiger partial charge in [0.1, 0.15) is 0 Å². The molecule has 0 fully saturated rings. The lowest BCUT2D eigenvalue weighted by atomic mass is 10.1. The first-order valence-corrected chi connectivity index (χ1v) is 5.77. The predicted octanol–water partition coefficient (Wildman–Crippen LogP) is 3.06. The fourth-order valence-electron chi connectivity index (χ4n) is 1.64. The molecule has 0 aromatic heterocycles. The minimum Gasteiger partial charge on any atom is -0.349 e. The molecule has 0 saturated carbocycles. The van der Waals surface area contributed by atoms with Crippen LogP contribution < -0.4 is 0 Å². The second-order valence-electron chi connectivity index (χ2n) is 3.97. The largest absolute Gasteiger partial charge is 0.349 e. The van der Waals surface area contributed by atoms with E-state index in [0.29, 0.717) is 0 Å². The van der Waals surface area contributed by atoms with Gasteiger partial charge in [-0.15, -0.1) is 0 Å². The molecular weight excluding hydrogens is 172 g/mol. The fourth-order valence-corrected chi connectivity index (χ4v) is 1.64. The van der Waals surface area contributed by atoms with Crippen LogP contribution >= 0.6 is 0 Å². The van der Waals surface area contributed by atoms with Crippen molar-refractivity contribution in [2.45, 2.75) is 45.4 Å². The van der Waals surface area contributed by atoms with E-state index in [0.717, 1.165) is 6.54 Å². The molecule has 0 N–H and O–H groups in total. The fraction of sp³-hybridized carbons (Fsp3) is 0.750. The lowest BCUT2D eigenvalue weighted by Gasteiger charge is -2.15. The van der Waals surface area contributed by atoms with E-state index < -0.39 is 0 Å². The molecule has 1 rings (SSSR count). The molecule has 80 valence electrons. The zero-order valence-electron chi connectivity index (χ0n) is 9.50. The average molecular weight is 194 g/mol. The van der Waals surface area contributed by atoms with Gasteiger partial charge in [-0.2, -0.15) is 0 Å². The van der Waals surface area contributed by atoms with Crippen molar-refractivity contribution in [3.05, 3.63) is 19.1 Å². The number of rotatable bonds is 7. The Bertz CT molecular complexity index is 166. The summed E-state index contributed by atoms with van der Waals surface area (Å²) in [5.74, 6) is 0. The van der Waals surface area contributed by atoms with E-state index in [1.165, 1.54) is 38.5 Å². The van der Waals surface area contributed by atoms with Crippen molar-refractivity contribution in [2.24, 2.45) is 0 Å². The number of hydrogen-bond acceptors (Lipinski definition) is 2. The summed E-state index contributed by atoms with van der Waals surface area (Å²) in [4.78, 5) is 4.11. The van der Waals surface area contributed by atoms with Gasteiger partial charge >= 0.3 is 0 Å². The third kappa shape index (κ3) is 4.54. The van der Waals surface area contributed by atoms with Crippen molar-refractivity contribution in [2.75, 3.05) is 13.6 Å². The van der Waals surface area contributed by atoms with Crippen LogP contribution in [0.1, 0.15) is 45.4 Å². The summed E-state index contributed by atoms with van der Waals surface area (Å²) in [6.07, 6.45) is 12.3. The number of unbranched alkanes of at least 4 members (excludes halogenated alkanes) is 5. The van der Waals surface area contributed by atoms with Gasteiger partial charge in [-0.25, -0.2) is 0 Å². The van der Waals surface area contributed by atoms with Gasteiger partial charge in [-0.1, -0.05) is 39.0 Å². The summed E-state index contributed by atoms with van der Waals surface area (Å²) in [5.41, 5.74) is 0. The monoisotopic (exact) mass is 194 g/mol. The summed E-state index contributed by atoms with van der Waals surface area (Å²) in [6.45, 7) is 6.59. The van der Waals surface area contributed by atoms with Crippen LogP contribution in [-0.2, 0) is 0 Å². The van der Waals surface area contributed by atoms with Gasteiger partial charge in [-0.3, -0.25) is 0 Å². The zero-order valence-corrected chi connectivity index (χ0v) is 9.50. The smallest absolute Gasteiger partial charge is 0.207 e. The number of nitrogens with zero attached hydrogens (tertiary/aromatic N) is 2. The van der Waals surface area contributed by atoms with Gasteiger partial charge < -0.3 is 9.80 Å². The van der Waals surface area contributed by atoms with Crippen LogP contribution in [-0.4, -0.2) is 23.4 Å². The third-order valence-corrected chi connectivity index (χ3v) is 2.51. The molecule has 0 atom stereocenters. The van der Waals surface area contributed by atoms with Gasteiger partial charge in [0.15, 0.2) is 0 Å². The minimum absolute atomic E-state index is 1.12. The molecule has 1 aliphatic rings. The van der Waals surface area contributed by atoms with Crippen molar-refractivity contribution in [1.29, 1.82) is 0 Å². The molecule has 0 unspecified atom stereocenters. The predicted molar refractivity (Wildman–Crippen MR) is 60.2 cm³/mol. The van der Waals surface area contributed by atoms with Crippen molar-refractivity contribution >= 4 is 0 Å². The summed E-state index contributed by atoms with van der Waals surface area (Å²) in [5, 5.41) is 0. The van der Waals surface area contributed by atoms with Crippen molar-refractivity contribution in [1.82, 2.24) is 9.80 Å². The molecule has 0 amide bonds. The van der Waals surface area contributed by atoms with Gasteiger partial charge in [0.05, 0.1) is 0 Å². The maximum atomic E-state index is 3.21. The Labute approximate surface area is 88.6 Å². The van der Waals surface area contributed by atoms with E-state index in [9.17, 15) is 0 Å². The Morgan fingerprint density at radius 1 is 1.00 bits per heavy atom. The second kappa shape index (κ2) is 6.74. The van der Waals surface area contributed by atoms with Crippen molar-refractivity contribution in [3.8, 4) is 0 Å². The second-order valence-corrected chi connectivity index (χ2v) is 3.97. The molecule has 0 aliphatic carbocycles. The molecule has 2 nitrogen and oxygen atoms in total. The van der Waals surface area contributed by atoms with Crippen LogP contribution in [0.3, 0.4) is 0 Å². The lowest BCUT2D eigenvalue weighted by molar-refractivity contribution is 0.368. The molecule has 1 heterocycles. The Balaban J connectivity index is 1.87. The Hall–Kier alpha value is -0.660. The van der Waals surface area contributed by atoms with E-state index in [1.54, 1.807) is 0 Å². The van der Waals surface area contributed by atoms with Crippen LogP contribution in [0.25, 0.3) is 0 Å². The highest BCUT2D eigenvalue weighted by Gasteiger charge is 2.09. The van der Waals surface area contributed by atoms with E-state index in [2.05, 4.69) is 24.7 Å². The third-order valence-electron chi connectivity index (χ3n) is 2.51. The van der Waals surface area contributed by atoms with Crippen LogP contribution in [0, 0.1) is 6.67 Å². The lowest BCUT2D eigenvalue weighted by Crippen LogP contribution is -2.17. The summed E-state index contributed by atoms with van der Waals surface area (Å²) < 4.78 is 0. The van der Waals surface area contributed by atoms with Crippen LogP contribution in [0.2, 0.25) is 0 Å². The van der Waals surface area contributed by atoms with Crippen LogP contribution in [0.15, 0.2) is 12.4 Å². The zero-order chi connectivity index (χ0) is 10.2. The highest BCUT2D eigenvalue weighted by Crippen LogP contribution is 2.11. The van der Waals surface area contributed by atoms with Crippen LogP contribution in [0.4, 0.5) is 0 Å². The maximum Gasteiger partial charge on any atom is 0.207 e. The van der Waals surface area contributed by atoms with Gasteiger partial charge in [0.25, 0.3) is 0 Å². The molecule has 0 bridgehead atoms. The summed E-state index contributed by atoms with van der Waals surface area (Å²) in [7, 11) is 2.01. The first kappa shape index (κ1) is 11.4. The van der Waals surface area contributed by atoms with E-state index in [4.69, 9.17) is 0 Å². The van der Waals surface area contributed by atoms with Crippen molar-refractivity contribution in [3.63, 3.8) is 0 Å². The molecule has 0 aromatic carbocycles. The average Bonchev–Trinajstić information content (AvgIpc) is 2.58. The molecule has 0 aromatic rings. The molecule has 1 aliphatic heterocycles. The minimum atomic E-state index is 1.12. The SMILES string of the molecule is CCCCCCCCN1[C]N(C)C=C1. The Morgan fingerprint density at radius 2 is 1.71 bits per heavy atom. The molecule has 2 radical (unpaired) electrons. The molecule has 0 spiro atoms. The first-order chi connectivity index (χ1) is 6.83. The molecule has 14 heavy (non-hydrogen) atoms. The van der Waals surface area contributed by atoms with Gasteiger partial charge in [0, 0.05) is 26.0 Å². The molecule has 2 heteroatoms. The van der Waals surface area contributed by atoms with E-state index in [1.807, 2.05) is 18.1 Å². The maximum absolute atomic E-state index is 3.21. The van der Waals surface area contributed by atoms with Crippen molar-refractivity contribution < 1.29 is 0 Å². The Kier molecular flexibility index (Phi) is 5.50. The van der Waals surface area contributed by atoms with E-state index >= 15 is 0 Å². The van der Waals surface area contributed by atoms with Crippen LogP contribution in [0.5, 0.6) is 0 Å². The molecular formula is C12H22N2. The Morgan fingerprint density at radius 3 is 2.36 bits per heavy atom.